The van der Waals surface area contributed by atoms with Gasteiger partial charge in [0.2, 0.25) is 0 Å². The molecule has 0 aliphatic rings. The Labute approximate surface area is 164 Å². The molecule has 0 fully saturated rings. The smallest absolute Gasteiger partial charge is 0.289 e. The number of para-hydroxylation sites is 1. The first-order valence-corrected chi connectivity index (χ1v) is 9.00. The summed E-state index contributed by atoms with van der Waals surface area (Å²) >= 11 is 9.49. The molecule has 0 radical (unpaired) electrons. The lowest BCUT2D eigenvalue weighted by Gasteiger charge is -2.16. The molecular formula is C18H17BrClN3O3. The SMILES string of the molecule is CN(Cc1c(Br)cnn1C)C(=O)c1ccc(COc2ccccc2Cl)o1. The van der Waals surface area contributed by atoms with Crippen LogP contribution in [-0.4, -0.2) is 27.6 Å². The first kappa shape index (κ1) is 18.5. The van der Waals surface area contributed by atoms with Gasteiger partial charge < -0.3 is 14.1 Å². The molecule has 1 amide bonds. The second-order valence-electron chi connectivity index (χ2n) is 5.71. The van der Waals surface area contributed by atoms with Gasteiger partial charge >= 0.3 is 0 Å². The van der Waals surface area contributed by atoms with E-state index in [4.69, 9.17) is 20.8 Å². The average molecular weight is 439 g/mol. The molecule has 0 N–H and O–H groups in total. The van der Waals surface area contributed by atoms with E-state index in [2.05, 4.69) is 21.0 Å². The number of hydrogen-bond acceptors (Lipinski definition) is 4. The number of rotatable bonds is 6. The van der Waals surface area contributed by atoms with Gasteiger partial charge in [0.1, 0.15) is 18.1 Å². The fourth-order valence-corrected chi connectivity index (χ4v) is 3.04. The minimum Gasteiger partial charge on any atom is -0.484 e. The predicted molar refractivity (Wildman–Crippen MR) is 101 cm³/mol. The number of benzene rings is 1. The van der Waals surface area contributed by atoms with Gasteiger partial charge in [0, 0.05) is 14.1 Å². The Morgan fingerprint density at radius 1 is 1.35 bits per heavy atom. The quantitative estimate of drug-likeness (QED) is 0.576. The molecule has 3 aromatic rings. The number of carbonyl (C=O) groups excluding carboxylic acids is 1. The maximum Gasteiger partial charge on any atom is 0.289 e. The van der Waals surface area contributed by atoms with Crippen molar-refractivity contribution >= 4 is 33.4 Å². The summed E-state index contributed by atoms with van der Waals surface area (Å²) < 4.78 is 13.8. The highest BCUT2D eigenvalue weighted by molar-refractivity contribution is 9.10. The van der Waals surface area contributed by atoms with Gasteiger partial charge in [0.25, 0.3) is 5.91 Å². The molecule has 0 unspecified atom stereocenters. The summed E-state index contributed by atoms with van der Waals surface area (Å²) in [5.41, 5.74) is 0.898. The van der Waals surface area contributed by atoms with Crippen LogP contribution in [0.3, 0.4) is 0 Å². The van der Waals surface area contributed by atoms with Gasteiger partial charge in [0.15, 0.2) is 5.76 Å². The zero-order chi connectivity index (χ0) is 18.7. The van der Waals surface area contributed by atoms with E-state index in [-0.39, 0.29) is 18.3 Å². The van der Waals surface area contributed by atoms with Crippen LogP contribution in [0, 0.1) is 0 Å². The topological polar surface area (TPSA) is 60.5 Å². The number of hydrogen-bond donors (Lipinski definition) is 0. The standard InChI is InChI=1S/C18H17BrClN3O3/c1-22(10-15-13(19)9-21-23(15)2)18(24)17-8-7-12(26-17)11-25-16-6-4-3-5-14(16)20/h3-9H,10-11H2,1-2H3. The highest BCUT2D eigenvalue weighted by Crippen LogP contribution is 2.24. The van der Waals surface area contributed by atoms with Gasteiger partial charge in [-0.1, -0.05) is 23.7 Å². The molecule has 0 saturated heterocycles. The van der Waals surface area contributed by atoms with Gasteiger partial charge in [-0.15, -0.1) is 0 Å². The van der Waals surface area contributed by atoms with Crippen LogP contribution in [0.25, 0.3) is 0 Å². The second-order valence-corrected chi connectivity index (χ2v) is 6.97. The molecule has 0 saturated carbocycles. The number of aromatic nitrogens is 2. The number of halogens is 2. The molecule has 2 heterocycles. The predicted octanol–water partition coefficient (Wildman–Crippen LogP) is 4.28. The van der Waals surface area contributed by atoms with E-state index in [1.54, 1.807) is 47.1 Å². The Morgan fingerprint density at radius 2 is 2.12 bits per heavy atom. The molecule has 0 aliphatic carbocycles. The molecule has 1 aromatic carbocycles. The van der Waals surface area contributed by atoms with Crippen LogP contribution in [0.1, 0.15) is 22.0 Å². The van der Waals surface area contributed by atoms with E-state index in [0.29, 0.717) is 23.1 Å². The maximum absolute atomic E-state index is 12.6. The zero-order valence-corrected chi connectivity index (χ0v) is 16.6. The average Bonchev–Trinajstić information content (AvgIpc) is 3.22. The minimum absolute atomic E-state index is 0.188. The summed E-state index contributed by atoms with van der Waals surface area (Å²) in [7, 11) is 3.54. The third-order valence-corrected chi connectivity index (χ3v) is 4.80. The van der Waals surface area contributed by atoms with Gasteiger partial charge in [-0.25, -0.2) is 0 Å². The second kappa shape index (κ2) is 7.97. The molecule has 0 atom stereocenters. The molecule has 2 aromatic heterocycles. The van der Waals surface area contributed by atoms with Crippen molar-refractivity contribution in [1.29, 1.82) is 0 Å². The zero-order valence-electron chi connectivity index (χ0n) is 14.3. The first-order chi connectivity index (χ1) is 12.5. The number of furan rings is 1. The summed E-state index contributed by atoms with van der Waals surface area (Å²) in [4.78, 5) is 14.1. The fourth-order valence-electron chi connectivity index (χ4n) is 2.38. The summed E-state index contributed by atoms with van der Waals surface area (Å²) in [5, 5.41) is 4.67. The molecule has 136 valence electrons. The largest absolute Gasteiger partial charge is 0.484 e. The third kappa shape index (κ3) is 4.11. The Hall–Kier alpha value is -2.25. The maximum atomic E-state index is 12.6. The minimum atomic E-state index is -0.220. The molecule has 0 aliphatic heterocycles. The lowest BCUT2D eigenvalue weighted by molar-refractivity contribution is 0.0746. The lowest BCUT2D eigenvalue weighted by atomic mass is 10.3. The summed E-state index contributed by atoms with van der Waals surface area (Å²) in [5.74, 6) is 1.14. The summed E-state index contributed by atoms with van der Waals surface area (Å²) in [6, 6.07) is 10.6. The van der Waals surface area contributed by atoms with E-state index in [9.17, 15) is 4.79 Å². The van der Waals surface area contributed by atoms with Gasteiger partial charge in [-0.05, 0) is 40.2 Å². The van der Waals surface area contributed by atoms with Crippen LogP contribution in [0.4, 0.5) is 0 Å². The van der Waals surface area contributed by atoms with E-state index in [1.165, 1.54) is 0 Å². The van der Waals surface area contributed by atoms with Crippen molar-refractivity contribution in [3.63, 3.8) is 0 Å². The van der Waals surface area contributed by atoms with Crippen LogP contribution in [0.2, 0.25) is 5.02 Å². The van der Waals surface area contributed by atoms with Crippen molar-refractivity contribution in [2.75, 3.05) is 7.05 Å². The van der Waals surface area contributed by atoms with E-state index in [0.717, 1.165) is 10.2 Å². The van der Waals surface area contributed by atoms with Crippen molar-refractivity contribution in [3.05, 3.63) is 69.3 Å². The molecule has 3 rings (SSSR count). The van der Waals surface area contributed by atoms with Crippen LogP contribution in [-0.2, 0) is 20.2 Å². The Morgan fingerprint density at radius 3 is 2.81 bits per heavy atom. The van der Waals surface area contributed by atoms with Crippen LogP contribution in [0.15, 0.2) is 51.5 Å². The molecule has 8 heteroatoms. The summed E-state index contributed by atoms with van der Waals surface area (Å²) in [6.45, 7) is 0.593. The number of carbonyl (C=O) groups is 1. The fraction of sp³-hybridized carbons (Fsp3) is 0.222. The van der Waals surface area contributed by atoms with Crippen molar-refractivity contribution in [3.8, 4) is 5.75 Å². The van der Waals surface area contributed by atoms with Crippen LogP contribution >= 0.6 is 27.5 Å². The first-order valence-electron chi connectivity index (χ1n) is 7.83. The molecule has 26 heavy (non-hydrogen) atoms. The normalized spacial score (nSPS) is 10.8. The van der Waals surface area contributed by atoms with Crippen molar-refractivity contribution in [2.45, 2.75) is 13.2 Å². The molecule has 6 nitrogen and oxygen atoms in total. The van der Waals surface area contributed by atoms with Crippen LogP contribution in [0.5, 0.6) is 5.75 Å². The number of ether oxygens (including phenoxy) is 1. The van der Waals surface area contributed by atoms with Gasteiger partial charge in [-0.3, -0.25) is 9.48 Å². The van der Waals surface area contributed by atoms with E-state index in [1.807, 2.05) is 19.2 Å². The highest BCUT2D eigenvalue weighted by Gasteiger charge is 2.19. The Balaban J connectivity index is 1.63. The molecular weight excluding hydrogens is 422 g/mol. The molecule has 0 bridgehead atoms. The van der Waals surface area contributed by atoms with Gasteiger partial charge in [-0.2, -0.15) is 5.10 Å². The summed E-state index contributed by atoms with van der Waals surface area (Å²) in [6.07, 6.45) is 1.70. The Bertz CT molecular complexity index is 903. The number of aryl methyl sites for hydroxylation is 1. The number of nitrogens with zero attached hydrogens (tertiary/aromatic N) is 3. The Kier molecular flexibility index (Phi) is 5.68. The van der Waals surface area contributed by atoms with Crippen molar-refractivity contribution in [1.82, 2.24) is 14.7 Å². The van der Waals surface area contributed by atoms with E-state index >= 15 is 0 Å². The monoisotopic (exact) mass is 437 g/mol. The lowest BCUT2D eigenvalue weighted by Crippen LogP contribution is -2.27. The van der Waals surface area contributed by atoms with Crippen LogP contribution < -0.4 is 4.74 Å². The van der Waals surface area contributed by atoms with E-state index < -0.39 is 0 Å². The highest BCUT2D eigenvalue weighted by atomic mass is 79.9. The number of amides is 1. The van der Waals surface area contributed by atoms with Crippen molar-refractivity contribution < 1.29 is 13.9 Å². The van der Waals surface area contributed by atoms with Crippen molar-refractivity contribution in [2.24, 2.45) is 7.05 Å². The molecule has 0 spiro atoms. The van der Waals surface area contributed by atoms with Gasteiger partial charge in [0.05, 0.1) is 27.9 Å². The third-order valence-electron chi connectivity index (χ3n) is 3.82.